The Morgan fingerprint density at radius 2 is 2.17 bits per heavy atom. The summed E-state index contributed by atoms with van der Waals surface area (Å²) in [7, 11) is 1.89. The molecule has 1 aromatic carbocycles. The zero-order valence-corrected chi connectivity index (χ0v) is 13.2. The Hall–Kier alpha value is -0.680. The van der Waals surface area contributed by atoms with Gasteiger partial charge in [-0.3, -0.25) is 0 Å². The lowest BCUT2D eigenvalue weighted by Gasteiger charge is -2.27. The molecule has 2 nitrogen and oxygen atoms in total. The lowest BCUT2D eigenvalue weighted by Crippen LogP contribution is -2.29. The predicted molar refractivity (Wildman–Crippen MR) is 82.8 cm³/mol. The van der Waals surface area contributed by atoms with Crippen molar-refractivity contribution in [3.8, 4) is 0 Å². The minimum absolute atomic E-state index is 0.191. The first-order valence-corrected chi connectivity index (χ1v) is 7.10. The third-order valence-electron chi connectivity index (χ3n) is 3.07. The van der Waals surface area contributed by atoms with Crippen LogP contribution in [0.2, 0.25) is 0 Å². The van der Waals surface area contributed by atoms with Gasteiger partial charge in [-0.1, -0.05) is 25.6 Å². The van der Waals surface area contributed by atoms with E-state index in [1.165, 1.54) is 0 Å². The highest BCUT2D eigenvalue weighted by molar-refractivity contribution is 9.10. The van der Waals surface area contributed by atoms with Gasteiger partial charge in [0.05, 0.1) is 10.2 Å². The first kappa shape index (κ1) is 15.4. The summed E-state index contributed by atoms with van der Waals surface area (Å²) in [5.41, 5.74) is 6.63. The second-order valence-corrected chi connectivity index (χ2v) is 5.61. The number of thiocarbonyl (C=S) groups is 1. The van der Waals surface area contributed by atoms with Crippen molar-refractivity contribution in [1.82, 2.24) is 0 Å². The van der Waals surface area contributed by atoms with Crippen LogP contribution in [-0.2, 0) is 0 Å². The summed E-state index contributed by atoms with van der Waals surface area (Å²) in [6.45, 7) is 4.20. The molecule has 0 amide bonds. The van der Waals surface area contributed by atoms with E-state index in [2.05, 4.69) is 29.8 Å². The second kappa shape index (κ2) is 6.48. The van der Waals surface area contributed by atoms with Crippen molar-refractivity contribution in [2.75, 3.05) is 11.9 Å². The number of hydrogen-bond acceptors (Lipinski definition) is 2. The number of nitrogens with two attached hydrogens (primary N) is 1. The molecule has 18 heavy (non-hydrogen) atoms. The summed E-state index contributed by atoms with van der Waals surface area (Å²) in [5.74, 6) is -0.314. The van der Waals surface area contributed by atoms with E-state index in [1.54, 1.807) is 12.1 Å². The molecule has 0 aliphatic heterocycles. The van der Waals surface area contributed by atoms with Crippen LogP contribution in [0.25, 0.3) is 0 Å². The molecule has 0 spiro atoms. The normalized spacial score (nSPS) is 12.3. The predicted octanol–water partition coefficient (Wildman–Crippen LogP) is 3.85. The molecule has 0 aliphatic rings. The molecular weight excluding hydrogens is 315 g/mol. The maximum absolute atomic E-state index is 14.3. The molecule has 0 radical (unpaired) electrons. The SMILES string of the molecule is CCCC(C)N(C)c1ccc(C(N)=S)c(Br)c1F. The van der Waals surface area contributed by atoms with Gasteiger partial charge in [-0.25, -0.2) is 4.39 Å². The summed E-state index contributed by atoms with van der Waals surface area (Å²) in [6, 6.07) is 3.76. The molecule has 0 fully saturated rings. The van der Waals surface area contributed by atoms with Gasteiger partial charge in [-0.05, 0) is 41.4 Å². The summed E-state index contributed by atoms with van der Waals surface area (Å²) < 4.78 is 14.6. The number of benzene rings is 1. The minimum atomic E-state index is -0.314. The van der Waals surface area contributed by atoms with Crippen molar-refractivity contribution in [2.24, 2.45) is 5.73 Å². The topological polar surface area (TPSA) is 29.3 Å². The summed E-state index contributed by atoms with van der Waals surface area (Å²) >= 11 is 8.10. The Kier molecular flexibility index (Phi) is 5.53. The molecule has 0 saturated heterocycles. The lowest BCUT2D eigenvalue weighted by molar-refractivity contribution is 0.579. The molecule has 100 valence electrons. The van der Waals surface area contributed by atoms with Crippen molar-refractivity contribution < 1.29 is 4.39 Å². The molecule has 0 bridgehead atoms. The Morgan fingerprint density at radius 3 is 2.67 bits per heavy atom. The van der Waals surface area contributed by atoms with Crippen molar-refractivity contribution in [3.05, 3.63) is 28.0 Å². The quantitative estimate of drug-likeness (QED) is 0.830. The molecule has 1 atom stereocenters. The number of halogens is 2. The first-order chi connectivity index (χ1) is 8.40. The van der Waals surface area contributed by atoms with E-state index in [0.717, 1.165) is 12.8 Å². The van der Waals surface area contributed by atoms with Gasteiger partial charge in [0.25, 0.3) is 0 Å². The van der Waals surface area contributed by atoms with Crippen LogP contribution in [0.15, 0.2) is 16.6 Å². The van der Waals surface area contributed by atoms with Crippen molar-refractivity contribution in [3.63, 3.8) is 0 Å². The Bertz CT molecular complexity index is 451. The van der Waals surface area contributed by atoms with Gasteiger partial charge in [-0.15, -0.1) is 0 Å². The standard InChI is InChI=1S/C13H18BrFN2S/c1-4-5-8(2)17(3)10-7-6-9(13(16)18)11(14)12(10)15/h6-8H,4-5H2,1-3H3,(H2,16,18). The molecule has 2 N–H and O–H groups in total. The molecule has 1 aromatic rings. The fourth-order valence-electron chi connectivity index (χ4n) is 1.85. The molecule has 0 aliphatic carbocycles. The van der Waals surface area contributed by atoms with Crippen LogP contribution in [0.3, 0.4) is 0 Å². The molecule has 0 saturated carbocycles. The number of hydrogen-bond donors (Lipinski definition) is 1. The van der Waals surface area contributed by atoms with E-state index < -0.39 is 0 Å². The molecule has 0 aromatic heterocycles. The van der Waals surface area contributed by atoms with Crippen molar-refractivity contribution in [2.45, 2.75) is 32.7 Å². The van der Waals surface area contributed by atoms with Crippen LogP contribution in [0.5, 0.6) is 0 Å². The van der Waals surface area contributed by atoms with Gasteiger partial charge in [0.15, 0.2) is 5.82 Å². The van der Waals surface area contributed by atoms with Gasteiger partial charge < -0.3 is 10.6 Å². The Morgan fingerprint density at radius 1 is 1.56 bits per heavy atom. The van der Waals surface area contributed by atoms with E-state index in [4.69, 9.17) is 18.0 Å². The van der Waals surface area contributed by atoms with E-state index in [-0.39, 0.29) is 16.8 Å². The number of nitrogens with zero attached hydrogens (tertiary/aromatic N) is 1. The van der Waals surface area contributed by atoms with E-state index in [0.29, 0.717) is 15.7 Å². The van der Waals surface area contributed by atoms with Gasteiger partial charge >= 0.3 is 0 Å². The second-order valence-electron chi connectivity index (χ2n) is 4.37. The van der Waals surface area contributed by atoms with E-state index in [1.807, 2.05) is 11.9 Å². The number of rotatable bonds is 5. The molecule has 1 rings (SSSR count). The van der Waals surface area contributed by atoms with Crippen LogP contribution in [0, 0.1) is 5.82 Å². The zero-order chi connectivity index (χ0) is 13.9. The first-order valence-electron chi connectivity index (χ1n) is 5.90. The average molecular weight is 333 g/mol. The summed E-state index contributed by atoms with van der Waals surface area (Å²) in [6.07, 6.45) is 2.09. The summed E-state index contributed by atoms with van der Waals surface area (Å²) in [4.78, 5) is 2.13. The third-order valence-corrected chi connectivity index (χ3v) is 4.07. The highest BCUT2D eigenvalue weighted by atomic mass is 79.9. The Balaban J connectivity index is 3.12. The minimum Gasteiger partial charge on any atom is -0.389 e. The highest BCUT2D eigenvalue weighted by Crippen LogP contribution is 2.30. The highest BCUT2D eigenvalue weighted by Gasteiger charge is 2.18. The van der Waals surface area contributed by atoms with Gasteiger partial charge in [0.1, 0.15) is 4.99 Å². The fraction of sp³-hybridized carbons (Fsp3) is 0.462. The van der Waals surface area contributed by atoms with Crippen molar-refractivity contribution >= 4 is 38.8 Å². The van der Waals surface area contributed by atoms with Crippen LogP contribution < -0.4 is 10.6 Å². The van der Waals surface area contributed by atoms with Crippen molar-refractivity contribution in [1.29, 1.82) is 0 Å². The maximum atomic E-state index is 14.3. The van der Waals surface area contributed by atoms with Crippen LogP contribution in [-0.4, -0.2) is 18.1 Å². The van der Waals surface area contributed by atoms with E-state index in [9.17, 15) is 4.39 Å². The van der Waals surface area contributed by atoms with Gasteiger partial charge in [0.2, 0.25) is 0 Å². The van der Waals surface area contributed by atoms with Crippen LogP contribution in [0.4, 0.5) is 10.1 Å². The van der Waals surface area contributed by atoms with E-state index >= 15 is 0 Å². The molecular formula is C13H18BrFN2S. The van der Waals surface area contributed by atoms with Gasteiger partial charge in [0, 0.05) is 18.7 Å². The molecule has 0 heterocycles. The van der Waals surface area contributed by atoms with Crippen LogP contribution in [0.1, 0.15) is 32.3 Å². The summed E-state index contributed by atoms with van der Waals surface area (Å²) in [5, 5.41) is 0. The third kappa shape index (κ3) is 3.20. The smallest absolute Gasteiger partial charge is 0.161 e. The average Bonchev–Trinajstić information content (AvgIpc) is 2.31. The lowest BCUT2D eigenvalue weighted by atomic mass is 10.1. The largest absolute Gasteiger partial charge is 0.389 e. The Labute approximate surface area is 121 Å². The fourth-order valence-corrected chi connectivity index (χ4v) is 2.70. The van der Waals surface area contributed by atoms with Gasteiger partial charge in [-0.2, -0.15) is 0 Å². The maximum Gasteiger partial charge on any atom is 0.161 e. The monoisotopic (exact) mass is 332 g/mol. The molecule has 1 unspecified atom stereocenters. The number of anilines is 1. The zero-order valence-electron chi connectivity index (χ0n) is 10.8. The van der Waals surface area contributed by atoms with Crippen LogP contribution >= 0.6 is 28.1 Å². The molecule has 5 heteroatoms.